The second-order valence-electron chi connectivity index (χ2n) is 9.47. The van der Waals surface area contributed by atoms with Gasteiger partial charge in [0, 0.05) is 24.0 Å². The third-order valence-corrected chi connectivity index (χ3v) is 6.74. The molecule has 182 valence electrons. The third kappa shape index (κ3) is 4.12. The zero-order valence-corrected chi connectivity index (χ0v) is 20.3. The Labute approximate surface area is 203 Å². The van der Waals surface area contributed by atoms with Crippen LogP contribution in [0.5, 0.6) is 0 Å². The average molecular weight is 476 g/mol. The van der Waals surface area contributed by atoms with Crippen molar-refractivity contribution in [2.24, 2.45) is 11.7 Å². The minimum atomic E-state index is -0.589. The number of methoxy groups -OCH3 is 1. The highest BCUT2D eigenvalue weighted by Crippen LogP contribution is 2.43. The molecule has 0 bridgehead atoms. The highest BCUT2D eigenvalue weighted by atomic mass is 19.1. The number of fused-ring (bicyclic) bond motifs is 2. The number of nitrogens with zero attached hydrogens (tertiary/aromatic N) is 4. The van der Waals surface area contributed by atoms with Crippen LogP contribution < -0.4 is 5.73 Å². The van der Waals surface area contributed by atoms with E-state index < -0.39 is 11.8 Å². The molecule has 5 rings (SSSR count). The molecule has 3 aromatic heterocycles. The van der Waals surface area contributed by atoms with Gasteiger partial charge in [-0.25, -0.2) is 19.2 Å². The van der Waals surface area contributed by atoms with Gasteiger partial charge >= 0.3 is 5.97 Å². The van der Waals surface area contributed by atoms with Gasteiger partial charge in [-0.3, -0.25) is 0 Å². The van der Waals surface area contributed by atoms with E-state index in [-0.39, 0.29) is 17.6 Å². The Balaban J connectivity index is 1.75. The summed E-state index contributed by atoms with van der Waals surface area (Å²) in [4.78, 5) is 21.8. The van der Waals surface area contributed by atoms with Crippen molar-refractivity contribution >= 4 is 28.0 Å². The molecule has 0 saturated heterocycles. The number of esters is 1. The second-order valence-corrected chi connectivity index (χ2v) is 9.47. The molecular formula is C27H30FN5O2. The number of ether oxygens (including phenoxy) is 1. The standard InChI is InChI=1S/C27H30FN5O2/c1-5-15(2)10-11-32-23(14-17-6-9-21(16(3)29)30-25(17)32)26-31-22-13-18(27(34)35-4)12-20(28)24(22)33(26)19-7-8-19/h5-6,9,12-16,19H,1,7-8,10-11,29H2,2-4H3/t15-,16-/m1/s1. The summed E-state index contributed by atoms with van der Waals surface area (Å²) < 4.78 is 24.3. The molecule has 1 aliphatic rings. The van der Waals surface area contributed by atoms with E-state index in [4.69, 9.17) is 20.4 Å². The van der Waals surface area contributed by atoms with E-state index in [1.165, 1.54) is 13.2 Å². The number of hydrogen-bond acceptors (Lipinski definition) is 5. The number of carbonyl (C=O) groups is 1. The maximum atomic E-state index is 15.4. The number of aromatic nitrogens is 4. The zero-order valence-electron chi connectivity index (χ0n) is 20.3. The molecule has 1 fully saturated rings. The fourth-order valence-corrected chi connectivity index (χ4v) is 4.54. The summed E-state index contributed by atoms with van der Waals surface area (Å²) in [7, 11) is 1.28. The van der Waals surface area contributed by atoms with Crippen molar-refractivity contribution in [3.63, 3.8) is 0 Å². The Bertz CT molecular complexity index is 1450. The van der Waals surface area contributed by atoms with Crippen LogP contribution in [0.15, 0.2) is 43.0 Å². The number of halogens is 1. The lowest BCUT2D eigenvalue weighted by molar-refractivity contribution is 0.0600. The molecule has 1 aromatic carbocycles. The molecule has 0 radical (unpaired) electrons. The molecule has 2 atom stereocenters. The first kappa shape index (κ1) is 23.2. The topological polar surface area (TPSA) is 88.0 Å². The largest absolute Gasteiger partial charge is 0.465 e. The van der Waals surface area contributed by atoms with E-state index in [2.05, 4.69) is 24.1 Å². The Morgan fingerprint density at radius 1 is 1.29 bits per heavy atom. The van der Waals surface area contributed by atoms with Crippen LogP contribution in [-0.4, -0.2) is 32.2 Å². The van der Waals surface area contributed by atoms with E-state index in [0.29, 0.717) is 29.3 Å². The lowest BCUT2D eigenvalue weighted by Gasteiger charge is -2.14. The van der Waals surface area contributed by atoms with Crippen LogP contribution >= 0.6 is 0 Å². The highest BCUT2D eigenvalue weighted by Gasteiger charge is 2.32. The number of nitrogens with two attached hydrogens (primary N) is 1. The molecule has 0 amide bonds. The van der Waals surface area contributed by atoms with Gasteiger partial charge in [-0.05, 0) is 62.4 Å². The number of rotatable bonds is 8. The van der Waals surface area contributed by atoms with Crippen LogP contribution in [0.2, 0.25) is 0 Å². The second kappa shape index (κ2) is 8.92. The molecule has 0 aliphatic heterocycles. The summed E-state index contributed by atoms with van der Waals surface area (Å²) in [5.41, 5.74) is 9.63. The lowest BCUT2D eigenvalue weighted by Crippen LogP contribution is -2.10. The van der Waals surface area contributed by atoms with Crippen molar-refractivity contribution in [1.29, 1.82) is 0 Å². The lowest BCUT2D eigenvalue weighted by atomic mass is 10.1. The van der Waals surface area contributed by atoms with E-state index in [1.54, 1.807) is 6.07 Å². The number of hydrogen-bond donors (Lipinski definition) is 1. The zero-order chi connectivity index (χ0) is 24.9. The van der Waals surface area contributed by atoms with Crippen LogP contribution in [0.1, 0.15) is 61.2 Å². The maximum absolute atomic E-state index is 15.4. The summed E-state index contributed by atoms with van der Waals surface area (Å²) >= 11 is 0. The first-order valence-electron chi connectivity index (χ1n) is 12.0. The van der Waals surface area contributed by atoms with E-state index in [9.17, 15) is 4.79 Å². The van der Waals surface area contributed by atoms with Crippen LogP contribution in [0.25, 0.3) is 33.6 Å². The third-order valence-electron chi connectivity index (χ3n) is 6.74. The average Bonchev–Trinajstić information content (AvgIpc) is 3.52. The van der Waals surface area contributed by atoms with Crippen molar-refractivity contribution in [3.8, 4) is 11.5 Å². The van der Waals surface area contributed by atoms with Crippen LogP contribution in [0.4, 0.5) is 4.39 Å². The molecule has 8 heteroatoms. The Hall–Kier alpha value is -3.52. The van der Waals surface area contributed by atoms with Gasteiger partial charge in [0.25, 0.3) is 0 Å². The molecular weight excluding hydrogens is 445 g/mol. The van der Waals surface area contributed by atoms with Gasteiger partial charge in [-0.15, -0.1) is 6.58 Å². The Morgan fingerprint density at radius 3 is 2.71 bits per heavy atom. The number of imidazole rings is 1. The molecule has 3 heterocycles. The van der Waals surface area contributed by atoms with Gasteiger partial charge in [0.15, 0.2) is 5.82 Å². The quantitative estimate of drug-likeness (QED) is 0.267. The number of pyridine rings is 1. The SMILES string of the molecule is C=C[C@@H](C)CCn1c(-c2nc3cc(C(=O)OC)cc(F)c3n2C2CC2)cc2ccc([C@@H](C)N)nc21. The van der Waals surface area contributed by atoms with Gasteiger partial charge in [-0.1, -0.05) is 13.0 Å². The van der Waals surface area contributed by atoms with Crippen LogP contribution in [-0.2, 0) is 11.3 Å². The summed E-state index contributed by atoms with van der Waals surface area (Å²) in [5, 5.41) is 0.973. The van der Waals surface area contributed by atoms with Gasteiger partial charge in [-0.2, -0.15) is 0 Å². The van der Waals surface area contributed by atoms with Crippen LogP contribution in [0, 0.1) is 11.7 Å². The highest BCUT2D eigenvalue weighted by molar-refractivity contribution is 5.95. The fraction of sp³-hybridized carbons (Fsp3) is 0.370. The van der Waals surface area contributed by atoms with Crippen LogP contribution in [0.3, 0.4) is 0 Å². The van der Waals surface area contributed by atoms with Crippen molar-refractivity contribution in [1.82, 2.24) is 19.1 Å². The smallest absolute Gasteiger partial charge is 0.338 e. The monoisotopic (exact) mass is 475 g/mol. The first-order chi connectivity index (χ1) is 16.8. The van der Waals surface area contributed by atoms with E-state index in [1.807, 2.05) is 29.7 Å². The molecule has 4 aromatic rings. The molecule has 0 unspecified atom stereocenters. The van der Waals surface area contributed by atoms with E-state index >= 15 is 4.39 Å². The fourth-order valence-electron chi connectivity index (χ4n) is 4.54. The van der Waals surface area contributed by atoms with Gasteiger partial charge < -0.3 is 19.6 Å². The van der Waals surface area contributed by atoms with Gasteiger partial charge in [0.1, 0.15) is 17.0 Å². The van der Waals surface area contributed by atoms with E-state index in [0.717, 1.165) is 41.7 Å². The minimum Gasteiger partial charge on any atom is -0.465 e. The van der Waals surface area contributed by atoms with Gasteiger partial charge in [0.05, 0.1) is 29.6 Å². The predicted molar refractivity (Wildman–Crippen MR) is 135 cm³/mol. The number of aryl methyl sites for hydroxylation is 1. The van der Waals surface area contributed by atoms with Crippen molar-refractivity contribution < 1.29 is 13.9 Å². The predicted octanol–water partition coefficient (Wildman–Crippen LogP) is 5.55. The minimum absolute atomic E-state index is 0.146. The first-order valence-corrected chi connectivity index (χ1v) is 12.0. The number of carbonyl (C=O) groups excluding carboxylic acids is 1. The molecule has 1 aliphatic carbocycles. The summed E-state index contributed by atoms with van der Waals surface area (Å²) in [6.07, 6.45) is 4.72. The van der Waals surface area contributed by atoms with Crippen molar-refractivity contribution in [3.05, 3.63) is 60.1 Å². The van der Waals surface area contributed by atoms with Crippen molar-refractivity contribution in [2.75, 3.05) is 7.11 Å². The molecule has 1 saturated carbocycles. The molecule has 7 nitrogen and oxygen atoms in total. The molecule has 0 spiro atoms. The summed E-state index contributed by atoms with van der Waals surface area (Å²) in [5.74, 6) is -0.0726. The Morgan fingerprint density at radius 2 is 2.06 bits per heavy atom. The Kier molecular flexibility index (Phi) is 5.92. The summed E-state index contributed by atoms with van der Waals surface area (Å²) in [6, 6.07) is 8.84. The summed E-state index contributed by atoms with van der Waals surface area (Å²) in [6.45, 7) is 8.66. The van der Waals surface area contributed by atoms with Gasteiger partial charge in [0.2, 0.25) is 0 Å². The molecule has 2 N–H and O–H groups in total. The maximum Gasteiger partial charge on any atom is 0.338 e. The number of allylic oxidation sites excluding steroid dienone is 1. The number of benzene rings is 1. The van der Waals surface area contributed by atoms with Crippen molar-refractivity contribution in [2.45, 2.75) is 51.7 Å². The normalized spacial score (nSPS) is 15.5. The molecule has 35 heavy (non-hydrogen) atoms.